The van der Waals surface area contributed by atoms with E-state index >= 15 is 0 Å². The summed E-state index contributed by atoms with van der Waals surface area (Å²) in [6.07, 6.45) is -0.0762. The summed E-state index contributed by atoms with van der Waals surface area (Å²) in [4.78, 5) is 10.7. The second-order valence-corrected chi connectivity index (χ2v) is 4.33. The molecule has 0 saturated carbocycles. The number of carboxylic acids is 1. The van der Waals surface area contributed by atoms with Crippen LogP contribution in [0.4, 0.5) is 4.39 Å². The van der Waals surface area contributed by atoms with Crippen molar-refractivity contribution in [3.63, 3.8) is 0 Å². The maximum Gasteiger partial charge on any atom is 0.320 e. The van der Waals surface area contributed by atoms with Crippen LogP contribution in [0.3, 0.4) is 0 Å². The zero-order chi connectivity index (χ0) is 13.9. The van der Waals surface area contributed by atoms with Gasteiger partial charge in [0.15, 0.2) is 11.5 Å². The van der Waals surface area contributed by atoms with Crippen molar-refractivity contribution in [2.45, 2.75) is 12.5 Å². The van der Waals surface area contributed by atoms with Gasteiger partial charge >= 0.3 is 5.97 Å². The van der Waals surface area contributed by atoms with Crippen molar-refractivity contribution in [1.82, 2.24) is 0 Å². The molecule has 0 aliphatic carbocycles. The van der Waals surface area contributed by atoms with Gasteiger partial charge in [-0.25, -0.2) is 4.39 Å². The maximum absolute atomic E-state index is 13.6. The van der Waals surface area contributed by atoms with Crippen molar-refractivity contribution in [1.29, 1.82) is 0 Å². The van der Waals surface area contributed by atoms with Gasteiger partial charge in [-0.2, -0.15) is 0 Å². The Balaban J connectivity index is 3.30. The van der Waals surface area contributed by atoms with E-state index in [9.17, 15) is 9.18 Å². The number of rotatable bonds is 5. The number of carboxylic acid groups (broad SMARTS) is 1. The number of nitrogens with two attached hydrogens (primary N) is 1. The summed E-state index contributed by atoms with van der Waals surface area (Å²) in [7, 11) is 2.75. The highest BCUT2D eigenvalue weighted by molar-refractivity contribution is 9.10. The van der Waals surface area contributed by atoms with E-state index in [4.69, 9.17) is 20.3 Å². The summed E-state index contributed by atoms with van der Waals surface area (Å²) in [5.74, 6) is -1.29. The number of hydrogen-bond donors (Lipinski definition) is 2. The van der Waals surface area contributed by atoms with Crippen LogP contribution in [0.5, 0.6) is 11.5 Å². The highest BCUT2D eigenvalue weighted by atomic mass is 79.9. The average Bonchev–Trinajstić information content (AvgIpc) is 2.34. The lowest BCUT2D eigenvalue weighted by atomic mass is 10.0. The molecular formula is C11H13BrFNO4. The van der Waals surface area contributed by atoms with Crippen molar-refractivity contribution >= 4 is 21.9 Å². The van der Waals surface area contributed by atoms with Gasteiger partial charge in [-0.15, -0.1) is 0 Å². The summed E-state index contributed by atoms with van der Waals surface area (Å²) in [5.41, 5.74) is 5.77. The summed E-state index contributed by atoms with van der Waals surface area (Å²) in [5, 5.41) is 8.79. The minimum Gasteiger partial charge on any atom is -0.493 e. The first-order valence-electron chi connectivity index (χ1n) is 4.99. The van der Waals surface area contributed by atoms with Gasteiger partial charge in [0.1, 0.15) is 11.9 Å². The Morgan fingerprint density at radius 3 is 2.61 bits per heavy atom. The number of halogens is 2. The second kappa shape index (κ2) is 6.01. The van der Waals surface area contributed by atoms with Crippen LogP contribution in [0.25, 0.3) is 0 Å². The lowest BCUT2D eigenvalue weighted by Gasteiger charge is -2.16. The fraction of sp³-hybridized carbons (Fsp3) is 0.364. The molecule has 1 rings (SSSR count). The SMILES string of the molecule is COc1cc(F)c(Br)c(CC(N)C(=O)O)c1OC. The van der Waals surface area contributed by atoms with Crippen molar-refractivity contribution in [3.8, 4) is 11.5 Å². The predicted molar refractivity (Wildman–Crippen MR) is 66.5 cm³/mol. The lowest BCUT2D eigenvalue weighted by molar-refractivity contribution is -0.138. The number of ether oxygens (including phenoxy) is 2. The molecule has 18 heavy (non-hydrogen) atoms. The zero-order valence-electron chi connectivity index (χ0n) is 9.87. The third kappa shape index (κ3) is 2.91. The standard InChI is InChI=1S/C11H13BrFNO4/c1-17-8-4-6(13)9(12)5(10(8)18-2)3-7(14)11(15)16/h4,7H,3,14H2,1-2H3,(H,15,16). The van der Waals surface area contributed by atoms with Crippen LogP contribution in [-0.2, 0) is 11.2 Å². The van der Waals surface area contributed by atoms with Crippen LogP contribution < -0.4 is 15.2 Å². The molecule has 0 aliphatic heterocycles. The lowest BCUT2D eigenvalue weighted by Crippen LogP contribution is -2.32. The molecule has 0 amide bonds. The molecular weight excluding hydrogens is 309 g/mol. The van der Waals surface area contributed by atoms with Gasteiger partial charge in [0, 0.05) is 18.1 Å². The summed E-state index contributed by atoms with van der Waals surface area (Å²) < 4.78 is 23.8. The molecule has 0 bridgehead atoms. The largest absolute Gasteiger partial charge is 0.493 e. The van der Waals surface area contributed by atoms with Gasteiger partial charge in [-0.3, -0.25) is 4.79 Å². The van der Waals surface area contributed by atoms with Crippen molar-refractivity contribution in [2.75, 3.05) is 14.2 Å². The quantitative estimate of drug-likeness (QED) is 0.860. The fourth-order valence-corrected chi connectivity index (χ4v) is 1.96. The second-order valence-electron chi connectivity index (χ2n) is 3.54. The number of hydrogen-bond acceptors (Lipinski definition) is 4. The topological polar surface area (TPSA) is 81.8 Å². The summed E-state index contributed by atoms with van der Waals surface area (Å²) in [6.45, 7) is 0. The molecule has 0 aliphatic rings. The van der Waals surface area contributed by atoms with E-state index in [0.717, 1.165) is 6.07 Å². The highest BCUT2D eigenvalue weighted by Gasteiger charge is 2.22. The Labute approximate surface area is 112 Å². The zero-order valence-corrected chi connectivity index (χ0v) is 11.5. The van der Waals surface area contributed by atoms with Gasteiger partial charge in [0.2, 0.25) is 0 Å². The number of aliphatic carboxylic acids is 1. The first kappa shape index (κ1) is 14.7. The minimum atomic E-state index is -1.17. The van der Waals surface area contributed by atoms with E-state index in [1.54, 1.807) is 0 Å². The van der Waals surface area contributed by atoms with Crippen LogP contribution in [-0.4, -0.2) is 31.3 Å². The number of benzene rings is 1. The van der Waals surface area contributed by atoms with Crippen molar-refractivity contribution in [2.24, 2.45) is 5.73 Å². The summed E-state index contributed by atoms with van der Waals surface area (Å²) >= 11 is 3.05. The Bertz CT molecular complexity index is 467. The van der Waals surface area contributed by atoms with Gasteiger partial charge in [-0.1, -0.05) is 0 Å². The van der Waals surface area contributed by atoms with E-state index in [1.807, 2.05) is 0 Å². The molecule has 0 spiro atoms. The Kier molecular flexibility index (Phi) is 4.92. The smallest absolute Gasteiger partial charge is 0.320 e. The maximum atomic E-state index is 13.6. The summed E-state index contributed by atoms with van der Waals surface area (Å²) in [6, 6.07) is 0.000298. The van der Waals surface area contributed by atoms with E-state index < -0.39 is 17.8 Å². The monoisotopic (exact) mass is 321 g/mol. The highest BCUT2D eigenvalue weighted by Crippen LogP contribution is 2.38. The van der Waals surface area contributed by atoms with Gasteiger partial charge in [0.05, 0.1) is 18.7 Å². The Hall–Kier alpha value is -1.34. The molecule has 1 aromatic rings. The third-order valence-corrected chi connectivity index (χ3v) is 3.25. The third-order valence-electron chi connectivity index (χ3n) is 2.40. The fourth-order valence-electron chi connectivity index (χ4n) is 1.50. The van der Waals surface area contributed by atoms with Crippen LogP contribution in [0, 0.1) is 5.82 Å². The van der Waals surface area contributed by atoms with Gasteiger partial charge in [-0.05, 0) is 15.9 Å². The molecule has 100 valence electrons. The average molecular weight is 322 g/mol. The van der Waals surface area contributed by atoms with E-state index in [2.05, 4.69) is 15.9 Å². The molecule has 3 N–H and O–H groups in total. The van der Waals surface area contributed by atoms with Crippen LogP contribution in [0.2, 0.25) is 0 Å². The molecule has 7 heteroatoms. The van der Waals surface area contributed by atoms with Crippen LogP contribution in [0.15, 0.2) is 10.5 Å². The molecule has 0 aromatic heterocycles. The van der Waals surface area contributed by atoms with E-state index in [-0.39, 0.29) is 22.4 Å². The molecule has 5 nitrogen and oxygen atoms in total. The van der Waals surface area contributed by atoms with Crippen LogP contribution in [0.1, 0.15) is 5.56 Å². The number of carbonyl (C=O) groups is 1. The first-order valence-corrected chi connectivity index (χ1v) is 5.78. The number of methoxy groups -OCH3 is 2. The molecule has 1 atom stereocenters. The molecule has 0 radical (unpaired) electrons. The molecule has 0 saturated heterocycles. The van der Waals surface area contributed by atoms with Crippen LogP contribution >= 0.6 is 15.9 Å². The predicted octanol–water partition coefficient (Wildman–Crippen LogP) is 1.56. The van der Waals surface area contributed by atoms with Gasteiger partial charge in [0.25, 0.3) is 0 Å². The Morgan fingerprint density at radius 2 is 2.17 bits per heavy atom. The molecule has 1 unspecified atom stereocenters. The van der Waals surface area contributed by atoms with E-state index in [0.29, 0.717) is 5.56 Å². The van der Waals surface area contributed by atoms with Crippen molar-refractivity contribution in [3.05, 3.63) is 21.9 Å². The normalized spacial score (nSPS) is 12.1. The molecule has 0 fully saturated rings. The van der Waals surface area contributed by atoms with Gasteiger partial charge < -0.3 is 20.3 Å². The molecule has 0 heterocycles. The first-order chi connectivity index (χ1) is 8.42. The molecule has 1 aromatic carbocycles. The van der Waals surface area contributed by atoms with E-state index in [1.165, 1.54) is 14.2 Å². The minimum absolute atomic E-state index is 0.0762. The Morgan fingerprint density at radius 1 is 1.56 bits per heavy atom. The van der Waals surface area contributed by atoms with Crippen molar-refractivity contribution < 1.29 is 23.8 Å².